The number of aliphatic imine (C=N–C) groups is 1. The first-order valence-corrected chi connectivity index (χ1v) is 13.7. The van der Waals surface area contributed by atoms with Gasteiger partial charge in [0, 0.05) is 40.2 Å². The van der Waals surface area contributed by atoms with Crippen molar-refractivity contribution in [1.82, 2.24) is 10.3 Å². The van der Waals surface area contributed by atoms with Crippen LogP contribution in [0.5, 0.6) is 11.5 Å². The SMILES string of the molecule is CC(C)(C)N=C/C(=C\N)NC=O.CCc1cc(C)c(Oc2ccnc3ccc(S(=O)C4CC4)cc23)cc1F. The maximum atomic E-state index is 14.2. The van der Waals surface area contributed by atoms with Crippen LogP contribution in [0.15, 0.2) is 64.4 Å². The molecular weight excluding hydrogens is 503 g/mol. The number of carbonyl (C=O) groups excluding carboxylic acids is 1. The maximum absolute atomic E-state index is 14.2. The molecule has 3 aromatic rings. The van der Waals surface area contributed by atoms with Crippen molar-refractivity contribution >= 4 is 34.3 Å². The lowest BCUT2D eigenvalue weighted by molar-refractivity contribution is -0.108. The summed E-state index contributed by atoms with van der Waals surface area (Å²) in [5.74, 6) is 0.819. The highest BCUT2D eigenvalue weighted by Gasteiger charge is 2.29. The largest absolute Gasteiger partial charge is 0.456 e. The number of allylic oxidation sites excluding steroid dienone is 1. The van der Waals surface area contributed by atoms with E-state index in [0.29, 0.717) is 35.6 Å². The fourth-order valence-electron chi connectivity index (χ4n) is 3.47. The minimum Gasteiger partial charge on any atom is -0.456 e. The van der Waals surface area contributed by atoms with Gasteiger partial charge in [0.2, 0.25) is 6.41 Å². The Morgan fingerprint density at radius 2 is 1.97 bits per heavy atom. The molecular formula is C29H35FN4O3S. The highest BCUT2D eigenvalue weighted by molar-refractivity contribution is 7.86. The minimum atomic E-state index is -0.991. The molecule has 1 saturated carbocycles. The Hall–Kier alpha value is -3.59. The van der Waals surface area contributed by atoms with E-state index in [1.165, 1.54) is 18.5 Å². The second-order valence-electron chi connectivity index (χ2n) is 9.96. The Morgan fingerprint density at radius 1 is 1.24 bits per heavy atom. The van der Waals surface area contributed by atoms with Gasteiger partial charge in [-0.25, -0.2) is 4.39 Å². The van der Waals surface area contributed by atoms with Crippen molar-refractivity contribution < 1.29 is 18.1 Å². The zero-order chi connectivity index (χ0) is 27.9. The van der Waals surface area contributed by atoms with Gasteiger partial charge in [-0.2, -0.15) is 0 Å². The summed E-state index contributed by atoms with van der Waals surface area (Å²) in [6.07, 6.45) is 7.74. The second kappa shape index (κ2) is 12.8. The third-order valence-electron chi connectivity index (χ3n) is 5.67. The van der Waals surface area contributed by atoms with Gasteiger partial charge in [-0.3, -0.25) is 19.0 Å². The Balaban J connectivity index is 0.000000284. The number of nitrogens with two attached hydrogens (primary N) is 1. The van der Waals surface area contributed by atoms with E-state index in [1.54, 1.807) is 12.3 Å². The summed E-state index contributed by atoms with van der Waals surface area (Å²) < 4.78 is 32.7. The van der Waals surface area contributed by atoms with Crippen molar-refractivity contribution in [3.63, 3.8) is 0 Å². The molecule has 1 unspecified atom stereocenters. The van der Waals surface area contributed by atoms with Crippen LogP contribution in [-0.2, 0) is 22.0 Å². The molecule has 1 amide bonds. The number of fused-ring (bicyclic) bond motifs is 1. The van der Waals surface area contributed by atoms with E-state index in [0.717, 1.165) is 34.2 Å². The van der Waals surface area contributed by atoms with Crippen LogP contribution in [0, 0.1) is 12.7 Å². The Kier molecular flexibility index (Phi) is 9.74. The molecule has 1 fully saturated rings. The van der Waals surface area contributed by atoms with Gasteiger partial charge >= 0.3 is 0 Å². The first kappa shape index (κ1) is 29.0. The number of carbonyl (C=O) groups is 1. The number of hydrogen-bond acceptors (Lipinski definition) is 6. The standard InChI is InChI=1S/C21H20FNO2S.C8H15N3O/c1-3-14-10-13(2)21(12-18(14)22)25-20-8-9-23-19-7-6-16(11-17(19)20)26(24)15-4-5-15;1-8(2,3)11-5-7(4-9)10-6-12/h6-12,15H,3-5H2,1-2H3;4-6H,9H2,1-3H3,(H,10,12)/b;7-4+,11-5?. The highest BCUT2D eigenvalue weighted by atomic mass is 32.2. The molecule has 2 aromatic carbocycles. The van der Waals surface area contributed by atoms with Crippen molar-refractivity contribution in [3.05, 3.63) is 71.4 Å². The average molecular weight is 539 g/mol. The van der Waals surface area contributed by atoms with Crippen molar-refractivity contribution in [3.8, 4) is 11.5 Å². The van der Waals surface area contributed by atoms with Crippen LogP contribution in [0.4, 0.5) is 4.39 Å². The van der Waals surface area contributed by atoms with E-state index < -0.39 is 10.8 Å². The van der Waals surface area contributed by atoms with Crippen LogP contribution < -0.4 is 15.8 Å². The molecule has 1 aliphatic rings. The zero-order valence-electron chi connectivity index (χ0n) is 22.5. The van der Waals surface area contributed by atoms with Crippen LogP contribution in [0.2, 0.25) is 0 Å². The second-order valence-corrected chi connectivity index (χ2v) is 11.7. The van der Waals surface area contributed by atoms with E-state index in [-0.39, 0.29) is 16.6 Å². The highest BCUT2D eigenvalue weighted by Crippen LogP contribution is 2.35. The number of benzene rings is 2. The summed E-state index contributed by atoms with van der Waals surface area (Å²) in [4.78, 5) is 19.3. The molecule has 202 valence electrons. The van der Waals surface area contributed by atoms with E-state index in [1.807, 2.05) is 58.9 Å². The van der Waals surface area contributed by atoms with E-state index in [2.05, 4.69) is 15.3 Å². The van der Waals surface area contributed by atoms with Gasteiger partial charge in [0.25, 0.3) is 0 Å². The summed E-state index contributed by atoms with van der Waals surface area (Å²) >= 11 is 0. The predicted molar refractivity (Wildman–Crippen MR) is 151 cm³/mol. The van der Waals surface area contributed by atoms with Gasteiger partial charge in [-0.05, 0) is 88.4 Å². The van der Waals surface area contributed by atoms with E-state index >= 15 is 0 Å². The van der Waals surface area contributed by atoms with Gasteiger partial charge in [-0.15, -0.1) is 0 Å². The molecule has 4 rings (SSSR count). The van der Waals surface area contributed by atoms with Gasteiger partial charge in [0.15, 0.2) is 0 Å². The topological polar surface area (TPSA) is 107 Å². The summed E-state index contributed by atoms with van der Waals surface area (Å²) in [6.45, 7) is 9.71. The summed E-state index contributed by atoms with van der Waals surface area (Å²) in [6, 6.07) is 10.6. The van der Waals surface area contributed by atoms with Crippen LogP contribution in [0.25, 0.3) is 10.9 Å². The molecule has 3 N–H and O–H groups in total. The third-order valence-corrected chi connectivity index (χ3v) is 7.47. The average Bonchev–Trinajstić information content (AvgIpc) is 3.73. The van der Waals surface area contributed by atoms with E-state index in [9.17, 15) is 13.4 Å². The number of rotatable bonds is 8. The van der Waals surface area contributed by atoms with Crippen LogP contribution in [-0.4, -0.2) is 32.6 Å². The molecule has 0 radical (unpaired) electrons. The molecule has 1 aromatic heterocycles. The summed E-state index contributed by atoms with van der Waals surface area (Å²) in [5.41, 5.74) is 7.88. The number of aromatic nitrogens is 1. The number of ether oxygens (including phenoxy) is 1. The molecule has 1 heterocycles. The molecule has 1 atom stereocenters. The lowest BCUT2D eigenvalue weighted by Gasteiger charge is -2.13. The molecule has 0 spiro atoms. The molecule has 1 aliphatic carbocycles. The summed E-state index contributed by atoms with van der Waals surface area (Å²) in [5, 5.41) is 3.47. The van der Waals surface area contributed by atoms with E-state index in [4.69, 9.17) is 10.5 Å². The van der Waals surface area contributed by atoms with Gasteiger partial charge in [0.1, 0.15) is 17.3 Å². The quantitative estimate of drug-likeness (QED) is 0.282. The van der Waals surface area contributed by atoms with Gasteiger partial charge < -0.3 is 15.8 Å². The molecule has 9 heteroatoms. The molecule has 7 nitrogen and oxygen atoms in total. The fraction of sp³-hybridized carbons (Fsp3) is 0.345. The minimum absolute atomic E-state index is 0.154. The lowest BCUT2D eigenvalue weighted by atomic mass is 10.1. The molecule has 38 heavy (non-hydrogen) atoms. The van der Waals surface area contributed by atoms with Crippen molar-refractivity contribution in [2.75, 3.05) is 0 Å². The number of nitrogens with one attached hydrogen (secondary N) is 1. The number of aryl methyl sites for hydroxylation is 2. The Morgan fingerprint density at radius 3 is 2.58 bits per heavy atom. The van der Waals surface area contributed by atoms with Crippen molar-refractivity contribution in [2.45, 2.75) is 69.6 Å². The number of amides is 1. The Labute approximate surface area is 225 Å². The number of hydrogen-bond donors (Lipinski definition) is 2. The monoisotopic (exact) mass is 538 g/mol. The number of halogens is 1. The zero-order valence-corrected chi connectivity index (χ0v) is 23.3. The predicted octanol–water partition coefficient (Wildman–Crippen LogP) is 5.71. The maximum Gasteiger partial charge on any atom is 0.211 e. The van der Waals surface area contributed by atoms with Gasteiger partial charge in [0.05, 0.1) is 27.6 Å². The van der Waals surface area contributed by atoms with Gasteiger partial charge in [-0.1, -0.05) is 6.92 Å². The Bertz CT molecular complexity index is 1380. The smallest absolute Gasteiger partial charge is 0.211 e. The molecule has 0 bridgehead atoms. The van der Waals surface area contributed by atoms with Crippen molar-refractivity contribution in [1.29, 1.82) is 0 Å². The van der Waals surface area contributed by atoms with Crippen LogP contribution in [0.3, 0.4) is 0 Å². The van der Waals surface area contributed by atoms with Crippen LogP contribution >= 0.6 is 0 Å². The number of nitrogens with zero attached hydrogens (tertiary/aromatic N) is 2. The first-order chi connectivity index (χ1) is 18.1. The lowest BCUT2D eigenvalue weighted by Crippen LogP contribution is -2.16. The number of pyridine rings is 1. The van der Waals surface area contributed by atoms with Crippen LogP contribution in [0.1, 0.15) is 51.7 Å². The third kappa shape index (κ3) is 7.95. The molecule has 0 saturated heterocycles. The fourth-order valence-corrected chi connectivity index (χ4v) is 4.86. The normalized spacial score (nSPS) is 14.6. The van der Waals surface area contributed by atoms with Crippen molar-refractivity contribution in [2.24, 2.45) is 10.7 Å². The first-order valence-electron chi connectivity index (χ1n) is 12.5. The summed E-state index contributed by atoms with van der Waals surface area (Å²) in [7, 11) is -0.991. The molecule has 0 aliphatic heterocycles.